The van der Waals surface area contributed by atoms with E-state index in [9.17, 15) is 0 Å². The second kappa shape index (κ2) is 10.1. The number of nitrogens with zero attached hydrogens (tertiary/aromatic N) is 2. The summed E-state index contributed by atoms with van der Waals surface area (Å²) in [6.07, 6.45) is 0. The molecule has 0 aliphatic heterocycles. The van der Waals surface area contributed by atoms with Crippen molar-refractivity contribution in [3.05, 3.63) is 170 Å². The van der Waals surface area contributed by atoms with Gasteiger partial charge in [0.05, 0.1) is 11.0 Å². The van der Waals surface area contributed by atoms with E-state index in [4.69, 9.17) is 0 Å². The molecule has 1 aromatic heterocycles. The molecule has 0 aliphatic carbocycles. The Morgan fingerprint density at radius 2 is 0.976 bits per heavy atom. The molecule has 0 N–H and O–H groups in total. The molecule has 8 aromatic rings. The van der Waals surface area contributed by atoms with Crippen LogP contribution in [0.4, 0.5) is 17.1 Å². The monoisotopic (exact) mass is 536 g/mol. The molecular weight excluding hydrogens is 508 g/mol. The third kappa shape index (κ3) is 4.05. The van der Waals surface area contributed by atoms with Crippen molar-refractivity contribution >= 4 is 49.6 Å². The molecule has 0 amide bonds. The molecule has 198 valence electrons. The first-order valence-corrected chi connectivity index (χ1v) is 14.4. The number of fused-ring (bicyclic) bond motifs is 4. The van der Waals surface area contributed by atoms with Crippen molar-refractivity contribution in [2.24, 2.45) is 0 Å². The molecule has 42 heavy (non-hydrogen) atoms. The highest BCUT2D eigenvalue weighted by Crippen LogP contribution is 2.42. The van der Waals surface area contributed by atoms with Crippen molar-refractivity contribution in [3.63, 3.8) is 0 Å². The predicted octanol–water partition coefficient (Wildman–Crippen LogP) is 11.1. The highest BCUT2D eigenvalue weighted by Gasteiger charge is 2.18. The Kier molecular flexibility index (Phi) is 5.82. The topological polar surface area (TPSA) is 8.17 Å². The minimum Gasteiger partial charge on any atom is -0.310 e. The number of rotatable bonds is 5. The normalized spacial score (nSPS) is 11.3. The van der Waals surface area contributed by atoms with Gasteiger partial charge in [-0.25, -0.2) is 0 Å². The molecule has 0 aliphatic rings. The highest BCUT2D eigenvalue weighted by atomic mass is 15.1. The molecule has 1 heterocycles. The van der Waals surface area contributed by atoms with Crippen molar-refractivity contribution in [1.82, 2.24) is 4.57 Å². The van der Waals surface area contributed by atoms with Gasteiger partial charge in [0.1, 0.15) is 0 Å². The van der Waals surface area contributed by atoms with E-state index in [0.29, 0.717) is 0 Å². The first-order chi connectivity index (χ1) is 20.8. The number of benzene rings is 7. The van der Waals surface area contributed by atoms with Crippen molar-refractivity contribution in [2.45, 2.75) is 0 Å². The zero-order valence-corrected chi connectivity index (χ0v) is 23.1. The van der Waals surface area contributed by atoms with Crippen molar-refractivity contribution in [2.75, 3.05) is 4.90 Å². The van der Waals surface area contributed by atoms with Crippen LogP contribution >= 0.6 is 0 Å². The van der Waals surface area contributed by atoms with Gasteiger partial charge in [-0.05, 0) is 88.6 Å². The molecule has 0 radical (unpaired) electrons. The summed E-state index contributed by atoms with van der Waals surface area (Å²) in [6.45, 7) is 0. The molecule has 8 rings (SSSR count). The van der Waals surface area contributed by atoms with Crippen LogP contribution in [0.5, 0.6) is 0 Å². The van der Waals surface area contributed by atoms with Crippen LogP contribution in [0.25, 0.3) is 49.4 Å². The highest BCUT2D eigenvalue weighted by molar-refractivity contribution is 6.18. The SMILES string of the molecule is c1ccc(N(c2ccccc2)c2cccc(-c3cccc4c3c3cc5ccccc5cc3n4-c3ccccc3)c2)cc1. The van der Waals surface area contributed by atoms with Gasteiger partial charge in [0.15, 0.2) is 0 Å². The summed E-state index contributed by atoms with van der Waals surface area (Å²) >= 11 is 0. The first kappa shape index (κ1) is 24.2. The minimum atomic E-state index is 1.12. The third-order valence-electron chi connectivity index (χ3n) is 8.12. The lowest BCUT2D eigenvalue weighted by Gasteiger charge is -2.26. The van der Waals surface area contributed by atoms with E-state index in [0.717, 1.165) is 22.7 Å². The van der Waals surface area contributed by atoms with Crippen LogP contribution in [0.2, 0.25) is 0 Å². The maximum atomic E-state index is 2.41. The second-order valence-corrected chi connectivity index (χ2v) is 10.6. The third-order valence-corrected chi connectivity index (χ3v) is 8.12. The Morgan fingerprint density at radius 3 is 1.67 bits per heavy atom. The molecule has 0 unspecified atom stereocenters. The Hall–Kier alpha value is -5.60. The molecule has 2 nitrogen and oxygen atoms in total. The first-order valence-electron chi connectivity index (χ1n) is 14.4. The number of aromatic nitrogens is 1. The van der Waals surface area contributed by atoms with E-state index in [1.165, 1.54) is 43.7 Å². The standard InChI is InChI=1S/C40H28N2/c1-4-17-32(18-5-1)41(33-19-6-2-7-20-33)35-23-12-16-31(26-35)36-24-13-25-38-40(36)37-27-29-14-10-11-15-30(29)28-39(37)42(38)34-21-8-3-9-22-34/h1-28H. The molecule has 0 saturated heterocycles. The molecule has 0 saturated carbocycles. The average Bonchev–Trinajstić information content (AvgIpc) is 3.38. The van der Waals surface area contributed by atoms with Gasteiger partial charge >= 0.3 is 0 Å². The number of hydrogen-bond acceptors (Lipinski definition) is 1. The zero-order chi connectivity index (χ0) is 27.9. The predicted molar refractivity (Wildman–Crippen MR) is 178 cm³/mol. The maximum Gasteiger partial charge on any atom is 0.0547 e. The number of para-hydroxylation sites is 3. The lowest BCUT2D eigenvalue weighted by molar-refractivity contribution is 1.18. The Balaban J connectivity index is 1.40. The molecular formula is C40H28N2. The summed E-state index contributed by atoms with van der Waals surface area (Å²) in [6, 6.07) is 60.9. The lowest BCUT2D eigenvalue weighted by atomic mass is 9.97. The summed E-state index contributed by atoms with van der Waals surface area (Å²) < 4.78 is 2.41. The number of anilines is 3. The maximum absolute atomic E-state index is 2.41. The fraction of sp³-hybridized carbons (Fsp3) is 0. The summed E-state index contributed by atoms with van der Waals surface area (Å²) in [4.78, 5) is 2.32. The van der Waals surface area contributed by atoms with Gasteiger partial charge in [0.25, 0.3) is 0 Å². The summed E-state index contributed by atoms with van der Waals surface area (Å²) in [7, 11) is 0. The van der Waals surface area contributed by atoms with Crippen molar-refractivity contribution < 1.29 is 0 Å². The fourth-order valence-corrected chi connectivity index (χ4v) is 6.26. The largest absolute Gasteiger partial charge is 0.310 e. The van der Waals surface area contributed by atoms with Crippen LogP contribution in [-0.2, 0) is 0 Å². The summed E-state index contributed by atoms with van der Waals surface area (Å²) in [5, 5.41) is 5.02. The lowest BCUT2D eigenvalue weighted by Crippen LogP contribution is -2.09. The molecule has 2 heteroatoms. The minimum absolute atomic E-state index is 1.12. The Morgan fingerprint density at radius 1 is 0.405 bits per heavy atom. The van der Waals surface area contributed by atoms with Crippen LogP contribution in [-0.4, -0.2) is 4.57 Å². The quantitative estimate of drug-likeness (QED) is 0.212. The number of hydrogen-bond donors (Lipinski definition) is 0. The Labute approximate surface area is 245 Å². The molecule has 0 atom stereocenters. The van der Waals surface area contributed by atoms with E-state index in [2.05, 4.69) is 179 Å². The van der Waals surface area contributed by atoms with E-state index in [-0.39, 0.29) is 0 Å². The Bertz CT molecular complexity index is 2140. The molecule has 7 aromatic carbocycles. The van der Waals surface area contributed by atoms with Gasteiger partial charge in [0.2, 0.25) is 0 Å². The van der Waals surface area contributed by atoms with Crippen LogP contribution < -0.4 is 4.90 Å². The van der Waals surface area contributed by atoms with Crippen LogP contribution in [0.3, 0.4) is 0 Å². The molecule has 0 fully saturated rings. The van der Waals surface area contributed by atoms with Crippen molar-refractivity contribution in [1.29, 1.82) is 0 Å². The summed E-state index contributed by atoms with van der Waals surface area (Å²) in [5.74, 6) is 0. The van der Waals surface area contributed by atoms with E-state index >= 15 is 0 Å². The smallest absolute Gasteiger partial charge is 0.0547 e. The molecule has 0 bridgehead atoms. The van der Waals surface area contributed by atoms with E-state index in [1.807, 2.05) is 0 Å². The zero-order valence-electron chi connectivity index (χ0n) is 23.1. The van der Waals surface area contributed by atoms with Crippen molar-refractivity contribution in [3.8, 4) is 16.8 Å². The van der Waals surface area contributed by atoms with Gasteiger partial charge in [-0.15, -0.1) is 0 Å². The van der Waals surface area contributed by atoms with Gasteiger partial charge in [0, 0.05) is 33.5 Å². The average molecular weight is 537 g/mol. The van der Waals surface area contributed by atoms with Gasteiger partial charge in [-0.1, -0.05) is 103 Å². The van der Waals surface area contributed by atoms with E-state index in [1.54, 1.807) is 0 Å². The van der Waals surface area contributed by atoms with Gasteiger partial charge < -0.3 is 9.47 Å². The van der Waals surface area contributed by atoms with Crippen LogP contribution in [0.1, 0.15) is 0 Å². The fourth-order valence-electron chi connectivity index (χ4n) is 6.26. The van der Waals surface area contributed by atoms with E-state index < -0.39 is 0 Å². The molecule has 0 spiro atoms. The van der Waals surface area contributed by atoms with Gasteiger partial charge in [-0.3, -0.25) is 0 Å². The second-order valence-electron chi connectivity index (χ2n) is 10.6. The van der Waals surface area contributed by atoms with Crippen LogP contribution in [0.15, 0.2) is 170 Å². The van der Waals surface area contributed by atoms with Gasteiger partial charge in [-0.2, -0.15) is 0 Å². The summed E-state index contributed by atoms with van der Waals surface area (Å²) in [5.41, 5.74) is 9.39. The van der Waals surface area contributed by atoms with Crippen LogP contribution in [0, 0.1) is 0 Å².